The average Bonchev–Trinajstić information content (AvgIpc) is 3.26. The van der Waals surface area contributed by atoms with Crippen molar-refractivity contribution in [3.63, 3.8) is 0 Å². The van der Waals surface area contributed by atoms with Crippen molar-refractivity contribution in [2.45, 2.75) is 39.3 Å². The third-order valence-electron chi connectivity index (χ3n) is 4.97. The fourth-order valence-electron chi connectivity index (χ4n) is 3.82. The number of nitrogens with zero attached hydrogens (tertiary/aromatic N) is 3. The number of rotatable bonds is 3. The summed E-state index contributed by atoms with van der Waals surface area (Å²) < 4.78 is 6.77. The molecule has 7 heteroatoms. The predicted octanol–water partition coefficient (Wildman–Crippen LogP) is 2.30. The van der Waals surface area contributed by atoms with Crippen LogP contribution in [0.5, 0.6) is 0 Å². The Morgan fingerprint density at radius 2 is 2.16 bits per heavy atom. The lowest BCUT2D eigenvalue weighted by atomic mass is 10.0. The van der Waals surface area contributed by atoms with Crippen molar-refractivity contribution in [3.8, 4) is 0 Å². The highest BCUT2D eigenvalue weighted by Gasteiger charge is 2.34. The van der Waals surface area contributed by atoms with Gasteiger partial charge in [0.1, 0.15) is 12.3 Å². The van der Waals surface area contributed by atoms with E-state index in [1.807, 2.05) is 43.0 Å². The molecular weight excluding hydrogens is 320 g/mol. The van der Waals surface area contributed by atoms with Crippen molar-refractivity contribution >= 4 is 16.9 Å². The van der Waals surface area contributed by atoms with Gasteiger partial charge in [-0.2, -0.15) is 0 Å². The van der Waals surface area contributed by atoms with E-state index in [0.29, 0.717) is 6.54 Å². The number of imidazole rings is 1. The Morgan fingerprint density at radius 3 is 2.92 bits per heavy atom. The molecule has 1 unspecified atom stereocenters. The van der Waals surface area contributed by atoms with E-state index in [-0.39, 0.29) is 24.2 Å². The molecule has 1 atom stereocenters. The molecule has 1 aromatic carbocycles. The number of likely N-dealkylation sites (tertiary alicyclic amines) is 1. The first-order chi connectivity index (χ1) is 12.1. The standard InChI is InChI=1S/C18H20N4O3/c1-11-17(12(2)25-20-11)15-8-5-9-21(15)16(23)10-22-14-7-4-3-6-13(14)19-18(22)24/h3-4,6-7,15H,5,8-10H2,1-2H3,(H,19,24). The Kier molecular flexibility index (Phi) is 3.71. The molecule has 0 bridgehead atoms. The molecule has 0 saturated carbocycles. The molecule has 2 aromatic heterocycles. The van der Waals surface area contributed by atoms with E-state index < -0.39 is 0 Å². The van der Waals surface area contributed by atoms with Gasteiger partial charge in [-0.1, -0.05) is 17.3 Å². The molecule has 1 aliphatic heterocycles. The van der Waals surface area contributed by atoms with Gasteiger partial charge in [0, 0.05) is 12.1 Å². The molecule has 1 saturated heterocycles. The van der Waals surface area contributed by atoms with Crippen LogP contribution in [0.25, 0.3) is 11.0 Å². The number of aryl methyl sites for hydroxylation is 2. The summed E-state index contributed by atoms with van der Waals surface area (Å²) in [7, 11) is 0. The van der Waals surface area contributed by atoms with Crippen LogP contribution in [-0.4, -0.2) is 32.1 Å². The van der Waals surface area contributed by atoms with Crippen LogP contribution in [0, 0.1) is 13.8 Å². The van der Waals surface area contributed by atoms with Gasteiger partial charge in [0.25, 0.3) is 0 Å². The molecule has 1 N–H and O–H groups in total. The van der Waals surface area contributed by atoms with E-state index in [1.165, 1.54) is 4.57 Å². The number of hydrogen-bond acceptors (Lipinski definition) is 4. The number of hydrogen-bond donors (Lipinski definition) is 1. The number of fused-ring (bicyclic) bond motifs is 1. The monoisotopic (exact) mass is 340 g/mol. The molecule has 3 heterocycles. The summed E-state index contributed by atoms with van der Waals surface area (Å²) in [5.74, 6) is 0.695. The number of para-hydroxylation sites is 2. The van der Waals surface area contributed by atoms with Gasteiger partial charge in [-0.25, -0.2) is 4.79 Å². The van der Waals surface area contributed by atoms with E-state index in [2.05, 4.69) is 10.1 Å². The lowest BCUT2D eigenvalue weighted by molar-refractivity contribution is -0.132. The van der Waals surface area contributed by atoms with Crippen LogP contribution < -0.4 is 5.69 Å². The van der Waals surface area contributed by atoms with Crippen LogP contribution in [-0.2, 0) is 11.3 Å². The molecule has 0 aliphatic carbocycles. The molecule has 130 valence electrons. The first kappa shape index (κ1) is 15.7. The molecule has 1 amide bonds. The summed E-state index contributed by atoms with van der Waals surface area (Å²) >= 11 is 0. The molecule has 4 rings (SSSR count). The Balaban J connectivity index is 1.64. The number of carbonyl (C=O) groups excluding carboxylic acids is 1. The fourth-order valence-corrected chi connectivity index (χ4v) is 3.82. The lowest BCUT2D eigenvalue weighted by Crippen LogP contribution is -2.35. The Bertz CT molecular complexity index is 978. The Labute approximate surface area is 144 Å². The molecule has 0 radical (unpaired) electrons. The van der Waals surface area contributed by atoms with Crippen LogP contribution in [0.3, 0.4) is 0 Å². The van der Waals surface area contributed by atoms with Crippen LogP contribution in [0.2, 0.25) is 0 Å². The smallest absolute Gasteiger partial charge is 0.326 e. The summed E-state index contributed by atoms with van der Waals surface area (Å²) in [6.45, 7) is 4.49. The molecule has 1 aliphatic rings. The third kappa shape index (κ3) is 2.56. The van der Waals surface area contributed by atoms with Gasteiger partial charge < -0.3 is 14.4 Å². The molecular formula is C18H20N4O3. The van der Waals surface area contributed by atoms with Gasteiger partial charge in [0.15, 0.2) is 0 Å². The zero-order valence-corrected chi connectivity index (χ0v) is 14.3. The maximum Gasteiger partial charge on any atom is 0.326 e. The van der Waals surface area contributed by atoms with E-state index in [4.69, 9.17) is 4.52 Å². The summed E-state index contributed by atoms with van der Waals surface area (Å²) in [5.41, 5.74) is 3.05. The highest BCUT2D eigenvalue weighted by molar-refractivity contribution is 5.81. The van der Waals surface area contributed by atoms with Gasteiger partial charge in [0.2, 0.25) is 5.91 Å². The molecule has 3 aromatic rings. The van der Waals surface area contributed by atoms with E-state index in [9.17, 15) is 9.59 Å². The number of H-pyrrole nitrogens is 1. The number of nitrogens with one attached hydrogen (secondary N) is 1. The fraction of sp³-hybridized carbons (Fsp3) is 0.389. The number of carbonyl (C=O) groups is 1. The van der Waals surface area contributed by atoms with Crippen molar-refractivity contribution < 1.29 is 9.32 Å². The molecule has 1 fully saturated rings. The highest BCUT2D eigenvalue weighted by Crippen LogP contribution is 2.35. The van der Waals surface area contributed by atoms with Crippen molar-refractivity contribution in [2.24, 2.45) is 0 Å². The van der Waals surface area contributed by atoms with Crippen molar-refractivity contribution in [1.82, 2.24) is 19.6 Å². The predicted molar refractivity (Wildman–Crippen MR) is 92.2 cm³/mol. The van der Waals surface area contributed by atoms with Gasteiger partial charge >= 0.3 is 5.69 Å². The maximum absolute atomic E-state index is 12.9. The second-order valence-corrected chi connectivity index (χ2v) is 6.52. The van der Waals surface area contributed by atoms with E-state index in [1.54, 1.807) is 0 Å². The lowest BCUT2D eigenvalue weighted by Gasteiger charge is -2.25. The molecule has 0 spiro atoms. The number of aromatic amines is 1. The number of amides is 1. The van der Waals surface area contributed by atoms with Gasteiger partial charge in [0.05, 0.1) is 22.8 Å². The summed E-state index contributed by atoms with van der Waals surface area (Å²) in [6, 6.07) is 7.37. The minimum absolute atomic E-state index is 0.0281. The van der Waals surface area contributed by atoms with Gasteiger partial charge in [-0.3, -0.25) is 9.36 Å². The Morgan fingerprint density at radius 1 is 1.36 bits per heavy atom. The first-order valence-electron chi connectivity index (χ1n) is 8.46. The molecule has 7 nitrogen and oxygen atoms in total. The second-order valence-electron chi connectivity index (χ2n) is 6.52. The summed E-state index contributed by atoms with van der Waals surface area (Å²) in [6.07, 6.45) is 1.82. The zero-order valence-electron chi connectivity index (χ0n) is 14.3. The quantitative estimate of drug-likeness (QED) is 0.793. The largest absolute Gasteiger partial charge is 0.361 e. The first-order valence-corrected chi connectivity index (χ1v) is 8.46. The minimum Gasteiger partial charge on any atom is -0.361 e. The average molecular weight is 340 g/mol. The zero-order chi connectivity index (χ0) is 17.6. The summed E-state index contributed by atoms with van der Waals surface area (Å²) in [5, 5.41) is 4.01. The van der Waals surface area contributed by atoms with Crippen LogP contribution >= 0.6 is 0 Å². The van der Waals surface area contributed by atoms with Crippen LogP contribution in [0.15, 0.2) is 33.6 Å². The maximum atomic E-state index is 12.9. The third-order valence-corrected chi connectivity index (χ3v) is 4.97. The highest BCUT2D eigenvalue weighted by atomic mass is 16.5. The molecule has 25 heavy (non-hydrogen) atoms. The van der Waals surface area contributed by atoms with Gasteiger partial charge in [-0.05, 0) is 38.8 Å². The minimum atomic E-state index is -0.261. The summed E-state index contributed by atoms with van der Waals surface area (Å²) in [4.78, 5) is 29.8. The normalized spacial score (nSPS) is 17.5. The van der Waals surface area contributed by atoms with E-state index >= 15 is 0 Å². The van der Waals surface area contributed by atoms with E-state index in [0.717, 1.165) is 40.9 Å². The van der Waals surface area contributed by atoms with Gasteiger partial charge in [-0.15, -0.1) is 0 Å². The van der Waals surface area contributed by atoms with Crippen LogP contribution in [0.1, 0.15) is 35.9 Å². The van der Waals surface area contributed by atoms with Crippen molar-refractivity contribution in [3.05, 3.63) is 51.8 Å². The Hall–Kier alpha value is -2.83. The van der Waals surface area contributed by atoms with Crippen molar-refractivity contribution in [2.75, 3.05) is 6.54 Å². The number of aromatic nitrogens is 3. The van der Waals surface area contributed by atoms with Crippen molar-refractivity contribution in [1.29, 1.82) is 0 Å². The number of benzene rings is 1. The topological polar surface area (TPSA) is 84.1 Å². The SMILES string of the molecule is Cc1noc(C)c1C1CCCN1C(=O)Cn1c(=O)[nH]c2ccccc21. The van der Waals surface area contributed by atoms with Crippen LogP contribution in [0.4, 0.5) is 0 Å². The second kappa shape index (κ2) is 5.91.